The van der Waals surface area contributed by atoms with Crippen LogP contribution in [0.2, 0.25) is 0 Å². The molecule has 0 unspecified atom stereocenters. The van der Waals surface area contributed by atoms with Crippen LogP contribution in [0.1, 0.15) is 5.69 Å². The number of aryl methyl sites for hydroxylation is 1. The van der Waals surface area contributed by atoms with Crippen molar-refractivity contribution < 1.29 is 19.0 Å². The Bertz CT molecular complexity index is 642. The highest BCUT2D eigenvalue weighted by molar-refractivity contribution is 5.89. The molecule has 2 aromatic rings. The summed E-state index contributed by atoms with van der Waals surface area (Å²) < 4.78 is 10.7. The molecule has 1 heterocycles. The molecular weight excluding hydrogens is 238 g/mol. The van der Waals surface area contributed by atoms with Gasteiger partial charge in [0.2, 0.25) is 0 Å². The van der Waals surface area contributed by atoms with Crippen molar-refractivity contribution in [1.29, 1.82) is 0 Å². The van der Waals surface area contributed by atoms with E-state index >= 15 is 0 Å². The van der Waals surface area contributed by atoms with Crippen molar-refractivity contribution in [2.45, 2.75) is 0 Å². The van der Waals surface area contributed by atoms with Gasteiger partial charge in [0.15, 0.2) is 7.05 Å². The lowest BCUT2D eigenvalue weighted by atomic mass is 10.3. The third-order valence-electron chi connectivity index (χ3n) is 2.31. The lowest BCUT2D eigenvalue weighted by Gasteiger charge is -2.07. The Kier molecular flexibility index (Phi) is 3.13. The summed E-state index contributed by atoms with van der Waals surface area (Å²) in [5.74, 6) is -0.245. The number of methoxy groups -OCH3 is 1. The van der Waals surface area contributed by atoms with Crippen LogP contribution in [0.4, 0.5) is 5.69 Å². The van der Waals surface area contributed by atoms with Gasteiger partial charge in [-0.2, -0.15) is 0 Å². The highest BCUT2D eigenvalue weighted by Gasteiger charge is 2.17. The SMILES string of the molecule is COc1ccccc1N=C([O-])c1c(=O)o[nH][n+]1C. The maximum Gasteiger partial charge on any atom is 0.435 e. The van der Waals surface area contributed by atoms with Crippen molar-refractivity contribution in [3.63, 3.8) is 0 Å². The first-order chi connectivity index (χ1) is 8.63. The molecule has 0 amide bonds. The number of hydrogen-bond donors (Lipinski definition) is 1. The van der Waals surface area contributed by atoms with E-state index in [1.165, 1.54) is 18.8 Å². The minimum absolute atomic E-state index is 0.180. The van der Waals surface area contributed by atoms with Gasteiger partial charge in [0.1, 0.15) is 11.4 Å². The van der Waals surface area contributed by atoms with Gasteiger partial charge in [-0.15, -0.1) is 0 Å². The van der Waals surface area contributed by atoms with E-state index in [1.54, 1.807) is 24.3 Å². The zero-order valence-electron chi connectivity index (χ0n) is 9.84. The molecule has 0 bridgehead atoms. The fraction of sp³-hybridized carbons (Fsp3) is 0.182. The van der Waals surface area contributed by atoms with Crippen molar-refractivity contribution in [2.75, 3.05) is 7.11 Å². The molecule has 0 atom stereocenters. The maximum absolute atomic E-state index is 11.9. The Balaban J connectivity index is 2.48. The average Bonchev–Trinajstić information content (AvgIpc) is 2.69. The molecule has 0 radical (unpaired) electrons. The first kappa shape index (κ1) is 11.9. The molecule has 7 nitrogen and oxygen atoms in total. The molecule has 0 saturated heterocycles. The summed E-state index contributed by atoms with van der Waals surface area (Å²) in [6.45, 7) is 0. The summed E-state index contributed by atoms with van der Waals surface area (Å²) in [6, 6.07) is 6.76. The minimum Gasteiger partial charge on any atom is -0.854 e. The van der Waals surface area contributed by atoms with Crippen LogP contribution in [0.25, 0.3) is 0 Å². The van der Waals surface area contributed by atoms with Crippen LogP contribution in [0.5, 0.6) is 5.75 Å². The number of nitrogens with one attached hydrogen (secondary N) is 1. The van der Waals surface area contributed by atoms with Crippen LogP contribution in [0, 0.1) is 0 Å². The number of nitrogens with zero attached hydrogens (tertiary/aromatic N) is 2. The standard InChI is InChI=1S/C11H11N3O4/c1-14-9(11(16)18-13-14)10(15)12-7-5-3-4-6-8(7)17-2/h3-6H,1-2H3,(H-,12,13,15,16). The lowest BCUT2D eigenvalue weighted by Crippen LogP contribution is -2.43. The highest BCUT2D eigenvalue weighted by atomic mass is 16.5. The normalized spacial score (nSPS) is 11.6. The van der Waals surface area contributed by atoms with E-state index < -0.39 is 11.5 Å². The topological polar surface area (TPSA) is 94.5 Å². The van der Waals surface area contributed by atoms with E-state index in [2.05, 4.69) is 14.8 Å². The van der Waals surface area contributed by atoms with Gasteiger partial charge < -0.3 is 9.84 Å². The molecule has 0 aliphatic heterocycles. The number of H-pyrrole nitrogens is 1. The number of rotatable bonds is 3. The number of aromatic amines is 1. The highest BCUT2D eigenvalue weighted by Crippen LogP contribution is 2.26. The molecule has 0 spiro atoms. The second-order valence-electron chi connectivity index (χ2n) is 3.48. The second kappa shape index (κ2) is 4.74. The second-order valence-corrected chi connectivity index (χ2v) is 3.48. The summed E-state index contributed by atoms with van der Waals surface area (Å²) in [6.07, 6.45) is 0. The summed E-state index contributed by atoms with van der Waals surface area (Å²) in [5.41, 5.74) is -0.590. The molecule has 0 aliphatic carbocycles. The average molecular weight is 249 g/mol. The summed E-state index contributed by atoms with van der Waals surface area (Å²) >= 11 is 0. The quantitative estimate of drug-likeness (QED) is 0.439. The van der Waals surface area contributed by atoms with Crippen molar-refractivity contribution in [1.82, 2.24) is 5.27 Å². The molecule has 7 heteroatoms. The van der Waals surface area contributed by atoms with Gasteiger partial charge in [0.05, 0.1) is 13.0 Å². The summed E-state index contributed by atoms with van der Waals surface area (Å²) in [7, 11) is 2.96. The van der Waals surface area contributed by atoms with Gasteiger partial charge in [-0.05, 0) is 17.4 Å². The lowest BCUT2D eigenvalue weighted by molar-refractivity contribution is -0.742. The fourth-order valence-corrected chi connectivity index (χ4v) is 1.46. The largest absolute Gasteiger partial charge is 0.854 e. The molecule has 2 rings (SSSR count). The number of benzene rings is 1. The molecule has 94 valence electrons. The minimum atomic E-state index is -0.763. The predicted octanol–water partition coefficient (Wildman–Crippen LogP) is -0.760. The van der Waals surface area contributed by atoms with Crippen LogP contribution in [0.15, 0.2) is 38.6 Å². The monoisotopic (exact) mass is 249 g/mol. The summed E-state index contributed by atoms with van der Waals surface area (Å²) in [4.78, 5) is 15.1. The number of aromatic nitrogens is 2. The van der Waals surface area contributed by atoms with Gasteiger partial charge in [-0.3, -0.25) is 9.52 Å². The van der Waals surface area contributed by atoms with E-state index in [0.29, 0.717) is 11.4 Å². The zero-order valence-corrected chi connectivity index (χ0v) is 9.84. The predicted molar refractivity (Wildman–Crippen MR) is 59.7 cm³/mol. The summed E-state index contributed by atoms with van der Waals surface area (Å²) in [5, 5.41) is 14.1. The van der Waals surface area contributed by atoms with Crippen molar-refractivity contribution >= 4 is 11.6 Å². The number of ether oxygens (including phenoxy) is 1. The van der Waals surface area contributed by atoms with Crippen molar-refractivity contribution in [2.24, 2.45) is 12.0 Å². The van der Waals surface area contributed by atoms with E-state index in [-0.39, 0.29) is 5.69 Å². The Labute approximate surface area is 102 Å². The maximum atomic E-state index is 11.9. The van der Waals surface area contributed by atoms with E-state index in [0.717, 1.165) is 0 Å². The molecule has 1 N–H and O–H groups in total. The van der Waals surface area contributed by atoms with E-state index in [1.807, 2.05) is 0 Å². The van der Waals surface area contributed by atoms with Gasteiger partial charge in [0, 0.05) is 0 Å². The van der Waals surface area contributed by atoms with Crippen LogP contribution in [0.3, 0.4) is 0 Å². The smallest absolute Gasteiger partial charge is 0.435 e. The third-order valence-corrected chi connectivity index (χ3v) is 2.31. The molecule has 1 aromatic heterocycles. The number of aliphatic imine (C=N–C) groups is 1. The van der Waals surface area contributed by atoms with Gasteiger partial charge in [0.25, 0.3) is 0 Å². The molecule has 0 fully saturated rings. The van der Waals surface area contributed by atoms with Gasteiger partial charge in [-0.1, -0.05) is 16.8 Å². The van der Waals surface area contributed by atoms with Crippen molar-refractivity contribution in [3.8, 4) is 5.75 Å². The van der Waals surface area contributed by atoms with Crippen molar-refractivity contribution in [3.05, 3.63) is 40.4 Å². The van der Waals surface area contributed by atoms with Crippen LogP contribution in [-0.2, 0) is 7.05 Å². The third kappa shape index (κ3) is 2.10. The Hall–Kier alpha value is -2.57. The molecule has 0 saturated carbocycles. The Morgan fingerprint density at radius 2 is 2.22 bits per heavy atom. The number of para-hydroxylation sites is 2. The molecule has 18 heavy (non-hydrogen) atoms. The van der Waals surface area contributed by atoms with Crippen LogP contribution in [-0.4, -0.2) is 18.3 Å². The first-order valence-corrected chi connectivity index (χ1v) is 5.10. The van der Waals surface area contributed by atoms with Crippen LogP contribution < -0.4 is 20.2 Å². The first-order valence-electron chi connectivity index (χ1n) is 5.10. The Morgan fingerprint density at radius 3 is 2.83 bits per heavy atom. The van der Waals surface area contributed by atoms with E-state index in [4.69, 9.17) is 4.74 Å². The van der Waals surface area contributed by atoms with Crippen LogP contribution >= 0.6 is 0 Å². The fourth-order valence-electron chi connectivity index (χ4n) is 1.46. The molecule has 0 aliphatic rings. The van der Waals surface area contributed by atoms with Gasteiger partial charge >= 0.3 is 11.3 Å². The Morgan fingerprint density at radius 1 is 1.50 bits per heavy atom. The number of hydrogen-bond acceptors (Lipinski definition) is 5. The molecule has 1 aromatic carbocycles. The van der Waals surface area contributed by atoms with Gasteiger partial charge in [-0.25, -0.2) is 4.79 Å². The zero-order chi connectivity index (χ0) is 13.1. The molecular formula is C11H11N3O4. The van der Waals surface area contributed by atoms with E-state index in [9.17, 15) is 9.90 Å².